The van der Waals surface area contributed by atoms with Crippen LogP contribution in [0, 0.1) is 23.7 Å². The summed E-state index contributed by atoms with van der Waals surface area (Å²) in [5.74, 6) is -2.76. The third kappa shape index (κ3) is 5.82. The summed E-state index contributed by atoms with van der Waals surface area (Å²) in [6.07, 6.45) is 5.18. The standard InChI is InChI=1S/C29H48N2O6/c1-11-18-13-19(12-2)23(25(33)37-21-16-28(7,8)31(35)29(9,10)17-21)22(18)24(32)36-20-14-26(3,4)30(34)27(5,6)15-20/h11-12,18-23,34-35H,1-2,13-17H2,3-10H3. The first-order valence-electron chi connectivity index (χ1n) is 13.5. The number of carbonyl (C=O) groups is 2. The maximum absolute atomic E-state index is 13.7. The van der Waals surface area contributed by atoms with Crippen LogP contribution in [0.4, 0.5) is 0 Å². The minimum Gasteiger partial charge on any atom is -0.462 e. The lowest BCUT2D eigenvalue weighted by Gasteiger charge is -2.51. The Morgan fingerprint density at radius 3 is 1.19 bits per heavy atom. The van der Waals surface area contributed by atoms with Crippen LogP contribution in [0.3, 0.4) is 0 Å². The summed E-state index contributed by atoms with van der Waals surface area (Å²) in [5.41, 5.74) is -2.26. The van der Waals surface area contributed by atoms with Gasteiger partial charge < -0.3 is 19.9 Å². The Balaban J connectivity index is 1.81. The first-order chi connectivity index (χ1) is 16.9. The topological polar surface area (TPSA) is 99.5 Å². The van der Waals surface area contributed by atoms with Crippen molar-refractivity contribution in [3.63, 3.8) is 0 Å². The predicted octanol–water partition coefficient (Wildman–Crippen LogP) is 5.13. The molecule has 0 bridgehead atoms. The maximum atomic E-state index is 13.7. The fourth-order valence-corrected chi connectivity index (χ4v) is 7.28. The molecule has 2 heterocycles. The molecule has 3 rings (SSSR count). The van der Waals surface area contributed by atoms with Crippen LogP contribution in [0.2, 0.25) is 0 Å². The molecule has 37 heavy (non-hydrogen) atoms. The molecule has 1 saturated carbocycles. The molecule has 0 radical (unpaired) electrons. The number of hydrogen-bond acceptors (Lipinski definition) is 8. The number of hydrogen-bond donors (Lipinski definition) is 2. The highest BCUT2D eigenvalue weighted by Gasteiger charge is 2.54. The molecule has 1 aliphatic carbocycles. The minimum atomic E-state index is -0.717. The van der Waals surface area contributed by atoms with Gasteiger partial charge in [-0.25, -0.2) is 0 Å². The molecule has 0 aromatic heterocycles. The number of ether oxygens (including phenoxy) is 2. The van der Waals surface area contributed by atoms with Crippen LogP contribution in [-0.4, -0.2) is 66.8 Å². The van der Waals surface area contributed by atoms with E-state index in [-0.39, 0.29) is 24.0 Å². The lowest BCUT2D eigenvalue weighted by molar-refractivity contribution is -0.261. The van der Waals surface area contributed by atoms with Crippen LogP contribution >= 0.6 is 0 Å². The second-order valence-corrected chi connectivity index (χ2v) is 13.9. The summed E-state index contributed by atoms with van der Waals surface area (Å²) in [6, 6.07) is 0. The van der Waals surface area contributed by atoms with Gasteiger partial charge in [-0.1, -0.05) is 12.2 Å². The van der Waals surface area contributed by atoms with E-state index in [1.54, 1.807) is 12.2 Å². The molecule has 210 valence electrons. The van der Waals surface area contributed by atoms with Gasteiger partial charge in [0.25, 0.3) is 0 Å². The molecule has 0 amide bonds. The summed E-state index contributed by atoms with van der Waals surface area (Å²) in [7, 11) is 0. The third-order valence-corrected chi connectivity index (χ3v) is 8.77. The lowest BCUT2D eigenvalue weighted by atomic mass is 9.79. The van der Waals surface area contributed by atoms with E-state index in [9.17, 15) is 20.0 Å². The van der Waals surface area contributed by atoms with Gasteiger partial charge in [-0.15, -0.1) is 13.2 Å². The summed E-state index contributed by atoms with van der Waals surface area (Å²) >= 11 is 0. The van der Waals surface area contributed by atoms with Gasteiger partial charge in [0.15, 0.2) is 0 Å². The molecule has 8 heteroatoms. The SMILES string of the molecule is C=CC1CC(C=C)C(C(=O)OC2CC(C)(C)N(O)C(C)(C)C2)C1C(=O)OC1CC(C)(C)N(O)C(C)(C)C1. The molecule has 3 fully saturated rings. The average molecular weight is 521 g/mol. The van der Waals surface area contributed by atoms with Gasteiger partial charge >= 0.3 is 11.9 Å². The Labute approximate surface area is 222 Å². The highest BCUT2D eigenvalue weighted by molar-refractivity contribution is 5.84. The maximum Gasteiger partial charge on any atom is 0.310 e. The molecular weight excluding hydrogens is 472 g/mol. The van der Waals surface area contributed by atoms with Crippen LogP contribution in [0.25, 0.3) is 0 Å². The monoisotopic (exact) mass is 520 g/mol. The van der Waals surface area contributed by atoms with Crippen molar-refractivity contribution in [2.24, 2.45) is 23.7 Å². The first-order valence-corrected chi connectivity index (χ1v) is 13.5. The Bertz CT molecular complexity index is 802. The van der Waals surface area contributed by atoms with Crippen molar-refractivity contribution in [2.45, 2.75) is 122 Å². The highest BCUT2D eigenvalue weighted by atomic mass is 16.6. The molecule has 2 aliphatic heterocycles. The molecule has 3 aliphatic rings. The smallest absolute Gasteiger partial charge is 0.310 e. The second kappa shape index (κ2) is 10.1. The van der Waals surface area contributed by atoms with E-state index in [2.05, 4.69) is 13.2 Å². The summed E-state index contributed by atoms with van der Waals surface area (Å²) < 4.78 is 12.1. The van der Waals surface area contributed by atoms with Gasteiger partial charge in [-0.05, 0) is 73.6 Å². The van der Waals surface area contributed by atoms with E-state index in [0.29, 0.717) is 32.1 Å². The van der Waals surface area contributed by atoms with Gasteiger partial charge in [0.2, 0.25) is 0 Å². The summed E-state index contributed by atoms with van der Waals surface area (Å²) in [6.45, 7) is 23.2. The van der Waals surface area contributed by atoms with Crippen molar-refractivity contribution in [2.75, 3.05) is 0 Å². The number of hydroxylamine groups is 4. The molecule has 0 aromatic carbocycles. The normalized spacial score (nSPS) is 34.0. The lowest BCUT2D eigenvalue weighted by Crippen LogP contribution is -2.61. The number of carbonyl (C=O) groups excluding carboxylic acids is 2. The minimum absolute atomic E-state index is 0.237. The number of allylic oxidation sites excluding steroid dienone is 2. The van der Waals surface area contributed by atoms with Crippen LogP contribution in [-0.2, 0) is 19.1 Å². The van der Waals surface area contributed by atoms with E-state index < -0.39 is 45.9 Å². The Morgan fingerprint density at radius 2 is 0.946 bits per heavy atom. The number of nitrogens with zero attached hydrogens (tertiary/aromatic N) is 2. The number of rotatable bonds is 6. The van der Waals surface area contributed by atoms with E-state index in [4.69, 9.17) is 9.47 Å². The van der Waals surface area contributed by atoms with Crippen molar-refractivity contribution >= 4 is 11.9 Å². The van der Waals surface area contributed by atoms with Gasteiger partial charge in [0, 0.05) is 47.8 Å². The van der Waals surface area contributed by atoms with Gasteiger partial charge in [0.05, 0.1) is 11.8 Å². The van der Waals surface area contributed by atoms with E-state index in [1.807, 2.05) is 55.4 Å². The first kappa shape index (κ1) is 29.8. The molecule has 2 saturated heterocycles. The van der Waals surface area contributed by atoms with Gasteiger partial charge in [0.1, 0.15) is 12.2 Å². The highest BCUT2D eigenvalue weighted by Crippen LogP contribution is 2.47. The third-order valence-electron chi connectivity index (χ3n) is 8.77. The van der Waals surface area contributed by atoms with Crippen molar-refractivity contribution < 1.29 is 29.5 Å². The summed E-state index contributed by atoms with van der Waals surface area (Å²) in [5, 5.41) is 23.9. The van der Waals surface area contributed by atoms with Crippen molar-refractivity contribution in [1.82, 2.24) is 10.1 Å². The zero-order chi connectivity index (χ0) is 28.1. The largest absolute Gasteiger partial charge is 0.462 e. The molecule has 2 N–H and O–H groups in total. The van der Waals surface area contributed by atoms with E-state index >= 15 is 0 Å². The Kier molecular flexibility index (Phi) is 8.14. The van der Waals surface area contributed by atoms with Crippen molar-refractivity contribution in [3.05, 3.63) is 25.3 Å². The van der Waals surface area contributed by atoms with Crippen LogP contribution in [0.15, 0.2) is 25.3 Å². The van der Waals surface area contributed by atoms with Crippen molar-refractivity contribution in [3.8, 4) is 0 Å². The fourth-order valence-electron chi connectivity index (χ4n) is 7.28. The molecular formula is C29H48N2O6. The van der Waals surface area contributed by atoms with Crippen molar-refractivity contribution in [1.29, 1.82) is 0 Å². The Morgan fingerprint density at radius 1 is 0.676 bits per heavy atom. The van der Waals surface area contributed by atoms with Crippen LogP contribution in [0.5, 0.6) is 0 Å². The zero-order valence-corrected chi connectivity index (χ0v) is 24.0. The average Bonchev–Trinajstić information content (AvgIpc) is 3.14. The molecule has 0 aromatic rings. The van der Waals surface area contributed by atoms with E-state index in [0.717, 1.165) is 0 Å². The Hall–Kier alpha value is -1.74. The number of piperidine rings is 2. The fraction of sp³-hybridized carbons (Fsp3) is 0.793. The second-order valence-electron chi connectivity index (χ2n) is 13.9. The quantitative estimate of drug-likeness (QED) is 0.367. The summed E-state index contributed by atoms with van der Waals surface area (Å²) in [4.78, 5) is 27.4. The number of esters is 2. The van der Waals surface area contributed by atoms with Crippen LogP contribution < -0.4 is 0 Å². The van der Waals surface area contributed by atoms with E-state index in [1.165, 1.54) is 10.1 Å². The van der Waals surface area contributed by atoms with Crippen LogP contribution in [0.1, 0.15) is 87.5 Å². The van der Waals surface area contributed by atoms with Gasteiger partial charge in [-0.3, -0.25) is 9.59 Å². The zero-order valence-electron chi connectivity index (χ0n) is 24.0. The molecule has 4 unspecified atom stereocenters. The molecule has 0 spiro atoms. The molecule has 4 atom stereocenters. The van der Waals surface area contributed by atoms with Gasteiger partial charge in [-0.2, -0.15) is 10.1 Å². The molecule has 8 nitrogen and oxygen atoms in total. The predicted molar refractivity (Wildman–Crippen MR) is 141 cm³/mol.